The zero-order valence-corrected chi connectivity index (χ0v) is 13.7. The molecule has 2 saturated heterocycles. The number of likely N-dealkylation sites (tertiary alicyclic amines) is 1. The van der Waals surface area contributed by atoms with E-state index in [9.17, 15) is 29.5 Å². The van der Waals surface area contributed by atoms with Crippen molar-refractivity contribution >= 4 is 24.1 Å². The molecule has 1 N–H and O–H groups in total. The van der Waals surface area contributed by atoms with Crippen LogP contribution in [0.2, 0.25) is 0 Å². The Hall–Kier alpha value is -2.20. The van der Waals surface area contributed by atoms with Crippen LogP contribution in [0.1, 0.15) is 33.6 Å². The first-order valence-corrected chi connectivity index (χ1v) is 7.52. The van der Waals surface area contributed by atoms with Crippen LogP contribution in [0.5, 0.6) is 0 Å². The number of hydrogen-bond acceptors (Lipinski definition) is 8. The molecule has 3 amide bonds. The van der Waals surface area contributed by atoms with Crippen LogP contribution in [-0.4, -0.2) is 57.7 Å². The molecular formula is C14H20N2O8. The third-order valence-corrected chi connectivity index (χ3v) is 4.00. The molecule has 0 saturated carbocycles. The normalized spacial score (nSPS) is 30.6. The topological polar surface area (TPSA) is 133 Å². The quantitative estimate of drug-likeness (QED) is 0.413. The lowest BCUT2D eigenvalue weighted by Gasteiger charge is -2.25. The van der Waals surface area contributed by atoms with Gasteiger partial charge in [-0.25, -0.2) is 14.4 Å². The molecule has 0 bridgehead atoms. The Balaban J connectivity index is 2.04. The number of carbonyl (C=O) groups excluding carboxylic acids is 4. The molecular weight excluding hydrogens is 324 g/mol. The number of imide groups is 1. The summed E-state index contributed by atoms with van der Waals surface area (Å²) in [6, 6.07) is 0. The lowest BCUT2D eigenvalue weighted by atomic mass is 9.90. The van der Waals surface area contributed by atoms with Crippen molar-refractivity contribution in [3.63, 3.8) is 0 Å². The molecule has 2 fully saturated rings. The second kappa shape index (κ2) is 6.02. The summed E-state index contributed by atoms with van der Waals surface area (Å²) in [5, 5.41) is 20.3. The van der Waals surface area contributed by atoms with Crippen LogP contribution >= 0.6 is 0 Å². The number of rotatable bonds is 2. The summed E-state index contributed by atoms with van der Waals surface area (Å²) in [4.78, 5) is 49.6. The fourth-order valence-electron chi connectivity index (χ4n) is 2.93. The molecule has 2 unspecified atom stereocenters. The van der Waals surface area contributed by atoms with Crippen LogP contribution in [0.15, 0.2) is 0 Å². The minimum Gasteiger partial charge on any atom is -0.444 e. The molecule has 0 aromatic rings. The minimum atomic E-state index is -2.25. The van der Waals surface area contributed by atoms with Gasteiger partial charge >= 0.3 is 24.1 Å². The van der Waals surface area contributed by atoms with E-state index < -0.39 is 46.3 Å². The van der Waals surface area contributed by atoms with Crippen molar-refractivity contribution < 1.29 is 43.9 Å². The number of ether oxygens (including phenoxy) is 1. The Bertz CT molecular complexity index is 584. The van der Waals surface area contributed by atoms with Gasteiger partial charge in [-0.15, -0.1) is 0 Å². The standard InChI is InChI=1S/C14H20N2O8/c1-14(2,3)23-12(19)15-5-4-8(7-15)9-6-10(17)16(22,11(9)18)24-13(20)21/h8-9,22H,4-7H2,1-3H3/t8?,9-,16?/m1/s1. The van der Waals surface area contributed by atoms with Crippen LogP contribution in [-0.2, 0) is 19.2 Å². The molecule has 2 heterocycles. The Morgan fingerprint density at radius 1 is 1.33 bits per heavy atom. The lowest BCUT2D eigenvalue weighted by molar-refractivity contribution is -1.12. The molecule has 2 rings (SSSR count). The number of nitrogens with zero attached hydrogens (tertiary/aromatic N) is 2. The van der Waals surface area contributed by atoms with Gasteiger partial charge in [0.15, 0.2) is 0 Å². The summed E-state index contributed by atoms with van der Waals surface area (Å²) in [7, 11) is 0. The van der Waals surface area contributed by atoms with E-state index in [1.54, 1.807) is 20.8 Å². The molecule has 0 aromatic carbocycles. The second-order valence-corrected chi connectivity index (χ2v) is 6.94. The average molecular weight is 344 g/mol. The summed E-state index contributed by atoms with van der Waals surface area (Å²) in [6.07, 6.45) is -2.65. The predicted molar refractivity (Wildman–Crippen MR) is 72.6 cm³/mol. The molecule has 2 aliphatic heterocycles. The summed E-state index contributed by atoms with van der Waals surface area (Å²) in [5.74, 6) is -3.48. The van der Waals surface area contributed by atoms with Gasteiger partial charge < -0.3 is 24.4 Å². The monoisotopic (exact) mass is 344 g/mol. The van der Waals surface area contributed by atoms with Crippen LogP contribution in [0, 0.1) is 11.8 Å². The fourth-order valence-corrected chi connectivity index (χ4v) is 2.93. The van der Waals surface area contributed by atoms with Crippen LogP contribution in [0.3, 0.4) is 0 Å². The van der Waals surface area contributed by atoms with E-state index in [0.29, 0.717) is 13.0 Å². The third kappa shape index (κ3) is 3.49. The van der Waals surface area contributed by atoms with E-state index >= 15 is 0 Å². The summed E-state index contributed by atoms with van der Waals surface area (Å²) >= 11 is 0. The maximum absolute atomic E-state index is 12.2. The zero-order valence-electron chi connectivity index (χ0n) is 13.7. The first-order chi connectivity index (χ1) is 10.9. The van der Waals surface area contributed by atoms with Gasteiger partial charge in [-0.2, -0.15) is 5.21 Å². The Morgan fingerprint density at radius 2 is 1.96 bits per heavy atom. The Labute approximate surface area is 138 Å². The number of amides is 3. The fraction of sp³-hybridized carbons (Fsp3) is 0.714. The van der Waals surface area contributed by atoms with Crippen LogP contribution < -0.4 is 5.11 Å². The first kappa shape index (κ1) is 18.1. The van der Waals surface area contributed by atoms with E-state index in [2.05, 4.69) is 4.84 Å². The molecule has 0 aliphatic carbocycles. The van der Waals surface area contributed by atoms with Gasteiger partial charge in [0.25, 0.3) is 0 Å². The van der Waals surface area contributed by atoms with Gasteiger partial charge in [-0.05, 0) is 33.1 Å². The molecule has 24 heavy (non-hydrogen) atoms. The van der Waals surface area contributed by atoms with Crippen molar-refractivity contribution in [2.75, 3.05) is 13.1 Å². The van der Waals surface area contributed by atoms with Crippen molar-refractivity contribution in [2.24, 2.45) is 11.8 Å². The largest absolute Gasteiger partial charge is 0.444 e. The molecule has 10 nitrogen and oxygen atoms in total. The van der Waals surface area contributed by atoms with E-state index in [1.165, 1.54) is 4.90 Å². The highest BCUT2D eigenvalue weighted by Gasteiger charge is 2.61. The van der Waals surface area contributed by atoms with Gasteiger partial charge in [-0.3, -0.25) is 0 Å². The van der Waals surface area contributed by atoms with Crippen molar-refractivity contribution in [3.8, 4) is 0 Å². The number of hydrogen-bond donors (Lipinski definition) is 1. The smallest absolute Gasteiger partial charge is 0.410 e. The highest BCUT2D eigenvalue weighted by atomic mass is 17.0. The van der Waals surface area contributed by atoms with E-state index in [-0.39, 0.29) is 13.0 Å². The zero-order chi connectivity index (χ0) is 18.3. The van der Waals surface area contributed by atoms with Crippen molar-refractivity contribution in [1.29, 1.82) is 0 Å². The van der Waals surface area contributed by atoms with Gasteiger partial charge in [0.2, 0.25) is 0 Å². The first-order valence-electron chi connectivity index (χ1n) is 7.52. The highest BCUT2D eigenvalue weighted by molar-refractivity contribution is 5.93. The highest BCUT2D eigenvalue weighted by Crippen LogP contribution is 2.36. The summed E-state index contributed by atoms with van der Waals surface area (Å²) in [6.45, 7) is 5.69. The van der Waals surface area contributed by atoms with Gasteiger partial charge in [0.05, 0.1) is 17.1 Å². The maximum Gasteiger partial charge on any atom is 0.410 e. The van der Waals surface area contributed by atoms with Crippen molar-refractivity contribution in [3.05, 3.63) is 0 Å². The number of carboxylic acid groups (broad SMARTS) is 1. The average Bonchev–Trinajstić information content (AvgIpc) is 2.96. The molecule has 0 radical (unpaired) electrons. The molecule has 0 aromatic heterocycles. The van der Waals surface area contributed by atoms with Gasteiger partial charge in [0.1, 0.15) is 5.60 Å². The lowest BCUT2D eigenvalue weighted by Crippen LogP contribution is -2.54. The summed E-state index contributed by atoms with van der Waals surface area (Å²) < 4.78 is 5.25. The molecule has 3 atom stereocenters. The number of carbonyl (C=O) groups is 4. The SMILES string of the molecule is CC(C)(C)OC(=O)N1CCC([C@H]2CC(=O)[N+](O)(OC(=O)[O-])C2=O)C1. The van der Waals surface area contributed by atoms with Crippen molar-refractivity contribution in [1.82, 2.24) is 4.90 Å². The maximum atomic E-state index is 12.2. The van der Waals surface area contributed by atoms with Gasteiger partial charge in [-0.1, -0.05) is 0 Å². The summed E-state index contributed by atoms with van der Waals surface area (Å²) in [5.41, 5.74) is -0.659. The van der Waals surface area contributed by atoms with E-state index in [4.69, 9.17) is 4.74 Å². The Kier molecular flexibility index (Phi) is 4.55. The minimum absolute atomic E-state index is 0.171. The van der Waals surface area contributed by atoms with E-state index in [1.807, 2.05) is 0 Å². The molecule has 10 heteroatoms. The number of hydroxylamine groups is 4. The third-order valence-electron chi connectivity index (χ3n) is 4.00. The molecule has 0 spiro atoms. The molecule has 134 valence electrons. The van der Waals surface area contributed by atoms with Crippen LogP contribution in [0.25, 0.3) is 0 Å². The predicted octanol–water partition coefficient (Wildman–Crippen LogP) is -0.203. The Morgan fingerprint density at radius 3 is 2.50 bits per heavy atom. The van der Waals surface area contributed by atoms with Crippen molar-refractivity contribution in [2.45, 2.75) is 39.2 Å². The van der Waals surface area contributed by atoms with Crippen LogP contribution in [0.4, 0.5) is 9.59 Å². The van der Waals surface area contributed by atoms with E-state index in [0.717, 1.165) is 0 Å². The second-order valence-electron chi connectivity index (χ2n) is 6.94. The molecule has 2 aliphatic rings. The van der Waals surface area contributed by atoms with Gasteiger partial charge in [0, 0.05) is 13.1 Å². The number of quaternary nitrogens is 1.